The molecule has 0 saturated carbocycles. The number of carbonyl (C=O) groups excluding carboxylic acids is 2. The van der Waals surface area contributed by atoms with Crippen LogP contribution in [0, 0.1) is 6.92 Å². The molecular weight excluding hydrogens is 438 g/mol. The van der Waals surface area contributed by atoms with Gasteiger partial charge in [0.2, 0.25) is 0 Å². The average Bonchev–Trinajstić information content (AvgIpc) is 2.77. The smallest absolute Gasteiger partial charge is 0.349 e. The summed E-state index contributed by atoms with van der Waals surface area (Å²) < 4.78 is 21.2. The zero-order valence-corrected chi connectivity index (χ0v) is 20.0. The average molecular weight is 468 g/mol. The summed E-state index contributed by atoms with van der Waals surface area (Å²) in [5.74, 6) is -0.334. The summed E-state index contributed by atoms with van der Waals surface area (Å²) in [5, 5.41) is 3.10. The first-order valence-electron chi connectivity index (χ1n) is 10.9. The van der Waals surface area contributed by atoms with Gasteiger partial charge in [-0.05, 0) is 42.2 Å². The third-order valence-corrected chi connectivity index (χ3v) is 5.06. The lowest BCUT2D eigenvalue weighted by molar-refractivity contribution is -0.136. The van der Waals surface area contributed by atoms with Crippen molar-refractivity contribution in [3.05, 3.63) is 69.6 Å². The molecule has 0 aliphatic carbocycles. The predicted molar refractivity (Wildman–Crippen MR) is 128 cm³/mol. The van der Waals surface area contributed by atoms with Crippen molar-refractivity contribution in [3.8, 4) is 11.5 Å². The van der Waals surface area contributed by atoms with Gasteiger partial charge in [0, 0.05) is 25.1 Å². The van der Waals surface area contributed by atoms with Gasteiger partial charge in [-0.15, -0.1) is 0 Å². The number of carbonyl (C=O) groups is 2. The molecule has 0 aliphatic heterocycles. The largest absolute Gasteiger partial charge is 0.482 e. The molecule has 34 heavy (non-hydrogen) atoms. The molecule has 0 aliphatic rings. The van der Waals surface area contributed by atoms with Crippen LogP contribution in [0.15, 0.2) is 51.7 Å². The van der Waals surface area contributed by atoms with E-state index in [9.17, 15) is 14.4 Å². The fourth-order valence-corrected chi connectivity index (χ4v) is 3.33. The van der Waals surface area contributed by atoms with E-state index in [1.807, 2.05) is 25.1 Å². The highest BCUT2D eigenvalue weighted by Crippen LogP contribution is 2.32. The maximum atomic E-state index is 12.4. The Balaban J connectivity index is 1.70. The molecule has 2 aromatic carbocycles. The number of amides is 1. The van der Waals surface area contributed by atoms with Crippen LogP contribution in [0.1, 0.15) is 42.3 Å². The topological polar surface area (TPSA) is 104 Å². The van der Waals surface area contributed by atoms with Gasteiger partial charge in [0.05, 0.1) is 6.61 Å². The van der Waals surface area contributed by atoms with Crippen molar-refractivity contribution in [2.24, 2.45) is 0 Å². The highest BCUT2D eigenvalue weighted by molar-refractivity contribution is 5.96. The summed E-state index contributed by atoms with van der Waals surface area (Å²) in [7, 11) is 1.51. The Morgan fingerprint density at radius 3 is 2.53 bits per heavy atom. The fraction of sp³-hybridized carbons (Fsp3) is 0.346. The zero-order chi connectivity index (χ0) is 24.9. The van der Waals surface area contributed by atoms with Crippen molar-refractivity contribution in [2.75, 3.05) is 26.9 Å². The number of hydrogen-bond acceptors (Lipinski definition) is 7. The molecule has 180 valence electrons. The molecule has 1 amide bonds. The summed E-state index contributed by atoms with van der Waals surface area (Å²) in [6.45, 7) is 8.53. The first-order chi connectivity index (χ1) is 16.1. The van der Waals surface area contributed by atoms with Crippen LogP contribution < -0.4 is 20.4 Å². The van der Waals surface area contributed by atoms with Gasteiger partial charge in [-0.3, -0.25) is 4.79 Å². The van der Waals surface area contributed by atoms with Gasteiger partial charge in [0.25, 0.3) is 5.91 Å². The summed E-state index contributed by atoms with van der Waals surface area (Å²) in [6.07, 6.45) is 0. The van der Waals surface area contributed by atoms with E-state index in [0.717, 1.165) is 11.1 Å². The monoisotopic (exact) mass is 467 g/mol. The van der Waals surface area contributed by atoms with Crippen LogP contribution in [0.3, 0.4) is 0 Å². The number of methoxy groups -OCH3 is 1. The molecule has 1 N–H and O–H groups in total. The van der Waals surface area contributed by atoms with E-state index >= 15 is 0 Å². The summed E-state index contributed by atoms with van der Waals surface area (Å²) in [4.78, 5) is 36.8. The van der Waals surface area contributed by atoms with Crippen molar-refractivity contribution in [3.63, 3.8) is 0 Å². The Hall–Kier alpha value is -3.65. The molecule has 0 fully saturated rings. The van der Waals surface area contributed by atoms with Gasteiger partial charge in [-0.1, -0.05) is 38.5 Å². The fourth-order valence-electron chi connectivity index (χ4n) is 3.33. The molecule has 3 aromatic rings. The lowest BCUT2D eigenvalue weighted by Gasteiger charge is -2.23. The Bertz CT molecular complexity index is 1250. The number of fused-ring (bicyclic) bond motifs is 1. The molecule has 1 aromatic heterocycles. The third kappa shape index (κ3) is 6.23. The molecule has 0 saturated heterocycles. The van der Waals surface area contributed by atoms with Gasteiger partial charge >= 0.3 is 11.6 Å². The molecule has 1 heterocycles. The van der Waals surface area contributed by atoms with Gasteiger partial charge in [-0.2, -0.15) is 0 Å². The highest BCUT2D eigenvalue weighted by atomic mass is 16.6. The Morgan fingerprint density at radius 2 is 1.82 bits per heavy atom. The molecule has 8 heteroatoms. The van der Waals surface area contributed by atoms with E-state index in [1.54, 1.807) is 12.1 Å². The lowest BCUT2D eigenvalue weighted by Crippen LogP contribution is -2.30. The van der Waals surface area contributed by atoms with Crippen molar-refractivity contribution >= 4 is 22.8 Å². The van der Waals surface area contributed by atoms with E-state index in [-0.39, 0.29) is 35.5 Å². The number of hydrogen-bond donors (Lipinski definition) is 1. The quantitative estimate of drug-likeness (QED) is 0.233. The second-order valence-corrected chi connectivity index (χ2v) is 8.91. The summed E-state index contributed by atoms with van der Waals surface area (Å²) >= 11 is 0. The highest BCUT2D eigenvalue weighted by Gasteiger charge is 2.20. The van der Waals surface area contributed by atoms with Crippen LogP contribution in [-0.4, -0.2) is 38.7 Å². The van der Waals surface area contributed by atoms with Crippen LogP contribution in [0.4, 0.5) is 0 Å². The Kier molecular flexibility index (Phi) is 7.73. The predicted octanol–water partition coefficient (Wildman–Crippen LogP) is 3.76. The number of benzene rings is 2. The van der Waals surface area contributed by atoms with Crippen LogP contribution in [-0.2, 0) is 14.9 Å². The van der Waals surface area contributed by atoms with Crippen LogP contribution in [0.2, 0.25) is 0 Å². The molecule has 0 unspecified atom stereocenters. The summed E-state index contributed by atoms with van der Waals surface area (Å²) in [6, 6.07) is 11.8. The van der Waals surface area contributed by atoms with Crippen molar-refractivity contribution < 1.29 is 28.2 Å². The minimum Gasteiger partial charge on any atom is -0.482 e. The van der Waals surface area contributed by atoms with Crippen LogP contribution in [0.5, 0.6) is 11.5 Å². The SMILES string of the molecule is COCCNC(=O)c1cc2ccc(OC(=O)COc3ccc(C)cc3C(C)(C)C)cc2oc1=O. The number of ether oxygens (including phenoxy) is 3. The van der Waals surface area contributed by atoms with Crippen LogP contribution >= 0.6 is 0 Å². The standard InChI is InChI=1S/C26H29NO7/c1-16-6-9-21(20(12-16)26(2,3)4)32-15-23(28)33-18-8-7-17-13-19(24(29)27-10-11-31-5)25(30)34-22(17)14-18/h6-9,12-14H,10-11,15H2,1-5H3,(H,27,29). The van der Waals surface area contributed by atoms with E-state index in [0.29, 0.717) is 17.7 Å². The molecule has 0 atom stereocenters. The molecule has 0 bridgehead atoms. The second-order valence-electron chi connectivity index (χ2n) is 8.91. The number of nitrogens with one attached hydrogen (secondary N) is 1. The Labute approximate surface area is 197 Å². The van der Waals surface area contributed by atoms with Gasteiger partial charge < -0.3 is 23.9 Å². The minimum atomic E-state index is -0.789. The number of esters is 1. The normalized spacial score (nSPS) is 11.3. The van der Waals surface area contributed by atoms with Gasteiger partial charge in [0.15, 0.2) is 6.61 Å². The van der Waals surface area contributed by atoms with Gasteiger partial charge in [-0.25, -0.2) is 9.59 Å². The molecule has 0 spiro atoms. The van der Waals surface area contributed by atoms with Crippen molar-refractivity contribution in [2.45, 2.75) is 33.1 Å². The minimum absolute atomic E-state index is 0.116. The van der Waals surface area contributed by atoms with E-state index in [4.69, 9.17) is 18.6 Å². The number of rotatable bonds is 8. The van der Waals surface area contributed by atoms with Crippen molar-refractivity contribution in [1.82, 2.24) is 5.32 Å². The maximum Gasteiger partial charge on any atom is 0.349 e. The Morgan fingerprint density at radius 1 is 1.06 bits per heavy atom. The molecular formula is C26H29NO7. The molecule has 3 rings (SSSR count). The lowest BCUT2D eigenvalue weighted by atomic mass is 9.85. The maximum absolute atomic E-state index is 12.4. The van der Waals surface area contributed by atoms with Gasteiger partial charge in [0.1, 0.15) is 22.6 Å². The van der Waals surface area contributed by atoms with E-state index < -0.39 is 17.5 Å². The first-order valence-corrected chi connectivity index (χ1v) is 10.9. The van der Waals surface area contributed by atoms with Crippen molar-refractivity contribution in [1.29, 1.82) is 0 Å². The van der Waals surface area contributed by atoms with E-state index in [1.165, 1.54) is 19.2 Å². The van der Waals surface area contributed by atoms with E-state index in [2.05, 4.69) is 26.1 Å². The first kappa shape index (κ1) is 25.0. The third-order valence-electron chi connectivity index (χ3n) is 5.06. The second kappa shape index (κ2) is 10.5. The number of aryl methyl sites for hydroxylation is 1. The summed E-state index contributed by atoms with van der Waals surface area (Å²) in [5.41, 5.74) is 1.24. The molecule has 8 nitrogen and oxygen atoms in total. The molecule has 0 radical (unpaired) electrons. The van der Waals surface area contributed by atoms with Crippen LogP contribution in [0.25, 0.3) is 11.0 Å². The zero-order valence-electron chi connectivity index (χ0n) is 20.0.